The Kier molecular flexibility index (Phi) is 4.55. The molecule has 1 fully saturated rings. The molecule has 0 saturated heterocycles. The van der Waals surface area contributed by atoms with Crippen LogP contribution in [0, 0.1) is 12.8 Å². The number of rotatable bonds is 4. The number of nitrogens with one attached hydrogen (secondary N) is 1. The van der Waals surface area contributed by atoms with Crippen molar-refractivity contribution in [3.8, 4) is 10.6 Å². The van der Waals surface area contributed by atoms with Crippen molar-refractivity contribution in [2.75, 3.05) is 6.54 Å². The van der Waals surface area contributed by atoms with E-state index in [0.717, 1.165) is 35.5 Å². The summed E-state index contributed by atoms with van der Waals surface area (Å²) in [6.45, 7) is 2.39. The SMILES string of the molecule is Cc1nc(-c2cccs2)ccc1C(=O)NCC1CCCC1O. The molecule has 116 valence electrons. The van der Waals surface area contributed by atoms with E-state index in [-0.39, 0.29) is 17.9 Å². The standard InChI is InChI=1S/C17H20N2O2S/c1-11-13(7-8-14(19-11)16-6-3-9-22-16)17(21)18-10-12-4-2-5-15(12)20/h3,6-9,12,15,20H,2,4-5,10H2,1H3,(H,18,21). The normalized spacial score (nSPS) is 21.0. The van der Waals surface area contributed by atoms with Crippen molar-refractivity contribution in [1.82, 2.24) is 10.3 Å². The molecule has 1 amide bonds. The average Bonchev–Trinajstić information content (AvgIpc) is 3.16. The first kappa shape index (κ1) is 15.2. The Morgan fingerprint density at radius 1 is 1.41 bits per heavy atom. The molecule has 3 rings (SSSR count). The number of nitrogens with zero attached hydrogens (tertiary/aromatic N) is 1. The zero-order valence-corrected chi connectivity index (χ0v) is 13.4. The Labute approximate surface area is 134 Å². The highest BCUT2D eigenvalue weighted by Crippen LogP contribution is 2.25. The lowest BCUT2D eigenvalue weighted by atomic mass is 10.1. The molecule has 1 saturated carbocycles. The van der Waals surface area contributed by atoms with Crippen LogP contribution in [0.1, 0.15) is 35.3 Å². The van der Waals surface area contributed by atoms with E-state index in [9.17, 15) is 9.90 Å². The highest BCUT2D eigenvalue weighted by molar-refractivity contribution is 7.13. The number of carbonyl (C=O) groups is 1. The summed E-state index contributed by atoms with van der Waals surface area (Å²) < 4.78 is 0. The molecule has 0 bridgehead atoms. The van der Waals surface area contributed by atoms with Gasteiger partial charge in [-0.1, -0.05) is 12.5 Å². The molecule has 0 aliphatic heterocycles. The van der Waals surface area contributed by atoms with Crippen molar-refractivity contribution >= 4 is 17.2 Å². The van der Waals surface area contributed by atoms with Crippen molar-refractivity contribution in [3.63, 3.8) is 0 Å². The maximum Gasteiger partial charge on any atom is 0.253 e. The molecule has 1 aliphatic carbocycles. The topological polar surface area (TPSA) is 62.2 Å². The van der Waals surface area contributed by atoms with Crippen LogP contribution in [-0.2, 0) is 0 Å². The van der Waals surface area contributed by atoms with Crippen LogP contribution in [0.5, 0.6) is 0 Å². The summed E-state index contributed by atoms with van der Waals surface area (Å²) in [6.07, 6.45) is 2.59. The van der Waals surface area contributed by atoms with Gasteiger partial charge in [-0.3, -0.25) is 9.78 Å². The maximum atomic E-state index is 12.3. The van der Waals surface area contributed by atoms with E-state index in [1.807, 2.05) is 36.6 Å². The molecule has 2 aromatic heterocycles. The smallest absolute Gasteiger partial charge is 0.253 e. The Morgan fingerprint density at radius 3 is 2.91 bits per heavy atom. The van der Waals surface area contributed by atoms with Crippen LogP contribution in [0.4, 0.5) is 0 Å². The molecule has 2 aromatic rings. The molecule has 0 aromatic carbocycles. The Hall–Kier alpha value is -1.72. The number of aryl methyl sites for hydroxylation is 1. The lowest BCUT2D eigenvalue weighted by Crippen LogP contribution is -2.32. The second kappa shape index (κ2) is 6.58. The van der Waals surface area contributed by atoms with Crippen LogP contribution < -0.4 is 5.32 Å². The molecule has 0 spiro atoms. The highest BCUT2D eigenvalue weighted by Gasteiger charge is 2.25. The van der Waals surface area contributed by atoms with Crippen molar-refractivity contribution in [2.45, 2.75) is 32.3 Å². The summed E-state index contributed by atoms with van der Waals surface area (Å²) in [5, 5.41) is 14.8. The molecular formula is C17H20N2O2S. The summed E-state index contributed by atoms with van der Waals surface area (Å²) in [5.74, 6) is 0.0736. The summed E-state index contributed by atoms with van der Waals surface area (Å²) in [4.78, 5) is 17.9. The first-order chi connectivity index (χ1) is 10.6. The molecule has 2 N–H and O–H groups in total. The van der Waals surface area contributed by atoms with Gasteiger partial charge in [0.15, 0.2) is 0 Å². The predicted octanol–water partition coefficient (Wildman–Crippen LogP) is 3.01. The van der Waals surface area contributed by atoms with Gasteiger partial charge in [-0.05, 0) is 43.3 Å². The fraction of sp³-hybridized carbons (Fsp3) is 0.412. The van der Waals surface area contributed by atoms with Gasteiger partial charge in [0.1, 0.15) is 0 Å². The number of hydrogen-bond acceptors (Lipinski definition) is 4. The minimum Gasteiger partial charge on any atom is -0.393 e. The third-order valence-corrected chi connectivity index (χ3v) is 5.14. The molecule has 1 aliphatic rings. The molecule has 5 heteroatoms. The van der Waals surface area contributed by atoms with Crippen LogP contribution in [0.3, 0.4) is 0 Å². The highest BCUT2D eigenvalue weighted by atomic mass is 32.1. The maximum absolute atomic E-state index is 12.3. The summed E-state index contributed by atoms with van der Waals surface area (Å²) >= 11 is 1.64. The zero-order valence-electron chi connectivity index (χ0n) is 12.6. The number of thiophene rings is 1. The van der Waals surface area contributed by atoms with Crippen LogP contribution in [0.25, 0.3) is 10.6 Å². The first-order valence-corrected chi connectivity index (χ1v) is 8.51. The lowest BCUT2D eigenvalue weighted by molar-refractivity contribution is 0.0916. The van der Waals surface area contributed by atoms with Gasteiger partial charge < -0.3 is 10.4 Å². The van der Waals surface area contributed by atoms with Crippen molar-refractivity contribution in [1.29, 1.82) is 0 Å². The molecule has 4 nitrogen and oxygen atoms in total. The van der Waals surface area contributed by atoms with Gasteiger partial charge >= 0.3 is 0 Å². The van der Waals surface area contributed by atoms with Crippen LogP contribution >= 0.6 is 11.3 Å². The number of aromatic nitrogens is 1. The lowest BCUT2D eigenvalue weighted by Gasteiger charge is -2.15. The molecule has 22 heavy (non-hydrogen) atoms. The van der Waals surface area contributed by atoms with Gasteiger partial charge in [0.05, 0.1) is 27.9 Å². The monoisotopic (exact) mass is 316 g/mol. The van der Waals surface area contributed by atoms with Gasteiger partial charge in [0.2, 0.25) is 0 Å². The van der Waals surface area contributed by atoms with E-state index in [4.69, 9.17) is 0 Å². The fourth-order valence-corrected chi connectivity index (χ4v) is 3.63. The summed E-state index contributed by atoms with van der Waals surface area (Å²) in [5.41, 5.74) is 2.23. The quantitative estimate of drug-likeness (QED) is 0.911. The number of aliphatic hydroxyl groups excluding tert-OH is 1. The average molecular weight is 316 g/mol. The number of hydrogen-bond donors (Lipinski definition) is 2. The van der Waals surface area contributed by atoms with Crippen molar-refractivity contribution < 1.29 is 9.90 Å². The fourth-order valence-electron chi connectivity index (χ4n) is 2.94. The third-order valence-electron chi connectivity index (χ3n) is 4.25. The summed E-state index contributed by atoms with van der Waals surface area (Å²) in [6, 6.07) is 7.73. The molecule has 2 atom stereocenters. The first-order valence-electron chi connectivity index (χ1n) is 7.63. The van der Waals surface area contributed by atoms with Gasteiger partial charge in [-0.15, -0.1) is 11.3 Å². The zero-order chi connectivity index (χ0) is 15.5. The van der Waals surface area contributed by atoms with Crippen LogP contribution in [0.15, 0.2) is 29.6 Å². The molecule has 0 radical (unpaired) electrons. The van der Waals surface area contributed by atoms with Gasteiger partial charge in [-0.25, -0.2) is 0 Å². The molecule has 2 unspecified atom stereocenters. The van der Waals surface area contributed by atoms with Gasteiger partial charge in [0.25, 0.3) is 5.91 Å². The van der Waals surface area contributed by atoms with Gasteiger partial charge in [0, 0.05) is 12.5 Å². The summed E-state index contributed by atoms with van der Waals surface area (Å²) in [7, 11) is 0. The Bertz CT molecular complexity index is 655. The van der Waals surface area contributed by atoms with E-state index in [1.165, 1.54) is 0 Å². The largest absolute Gasteiger partial charge is 0.393 e. The van der Waals surface area contributed by atoms with Crippen LogP contribution in [0.2, 0.25) is 0 Å². The number of amides is 1. The van der Waals surface area contributed by atoms with E-state index < -0.39 is 0 Å². The Balaban J connectivity index is 1.67. The Morgan fingerprint density at radius 2 is 2.27 bits per heavy atom. The van der Waals surface area contributed by atoms with Crippen molar-refractivity contribution in [2.24, 2.45) is 5.92 Å². The third kappa shape index (κ3) is 3.20. The van der Waals surface area contributed by atoms with E-state index in [0.29, 0.717) is 12.1 Å². The second-order valence-electron chi connectivity index (χ2n) is 5.78. The second-order valence-corrected chi connectivity index (χ2v) is 6.72. The number of pyridine rings is 1. The number of aliphatic hydroxyl groups is 1. The molecular weight excluding hydrogens is 296 g/mol. The van der Waals surface area contributed by atoms with E-state index >= 15 is 0 Å². The predicted molar refractivity (Wildman–Crippen MR) is 88.0 cm³/mol. The van der Waals surface area contributed by atoms with E-state index in [2.05, 4.69) is 10.3 Å². The van der Waals surface area contributed by atoms with Gasteiger partial charge in [-0.2, -0.15) is 0 Å². The van der Waals surface area contributed by atoms with E-state index in [1.54, 1.807) is 11.3 Å². The van der Waals surface area contributed by atoms with Crippen molar-refractivity contribution in [3.05, 3.63) is 40.9 Å². The van der Waals surface area contributed by atoms with Crippen LogP contribution in [-0.4, -0.2) is 28.6 Å². The minimum absolute atomic E-state index is 0.109. The number of carbonyl (C=O) groups excluding carboxylic acids is 1. The minimum atomic E-state index is -0.277. The molecule has 2 heterocycles.